The highest BCUT2D eigenvalue weighted by molar-refractivity contribution is 6.05. The predicted octanol–water partition coefficient (Wildman–Crippen LogP) is 21.6. The van der Waals surface area contributed by atoms with Gasteiger partial charge in [-0.3, -0.25) is 0 Å². The molecular formula is C77H93N5. The fourth-order valence-electron chi connectivity index (χ4n) is 11.1. The van der Waals surface area contributed by atoms with Gasteiger partial charge >= 0.3 is 0 Å². The van der Waals surface area contributed by atoms with E-state index < -0.39 is 0 Å². The SMILES string of the molecule is CC(C)(C)c1cc(-c2c3nc(c(-c4cc(C(C)(C)C)cc(C(C)(C)C)c4)c4ccc([nH]4)c(-c4cc(C(C)(C)C)cc(C(C)(C)C)c4)c4nc(c(-c5cc(C(C)(C)C)cc(C(C)(C)C)c5)c5ccc2[nH]5)C=C4C#N)C=C3)cc(C(C)(C)C)c1. The summed E-state index contributed by atoms with van der Waals surface area (Å²) in [5.74, 6) is 0. The largest absolute Gasteiger partial charge is 0.354 e. The van der Waals surface area contributed by atoms with Crippen molar-refractivity contribution in [1.82, 2.24) is 19.9 Å². The summed E-state index contributed by atoms with van der Waals surface area (Å²) >= 11 is 0. The number of nitriles is 1. The number of nitrogens with one attached hydrogen (secondary N) is 2. The minimum absolute atomic E-state index is 0.128. The molecule has 2 aliphatic rings. The maximum atomic E-state index is 11.6. The van der Waals surface area contributed by atoms with Gasteiger partial charge in [0.1, 0.15) is 6.07 Å². The Morgan fingerprint density at radius 1 is 0.305 bits per heavy atom. The van der Waals surface area contributed by atoms with Gasteiger partial charge in [-0.2, -0.15) is 5.26 Å². The maximum absolute atomic E-state index is 11.6. The Balaban J connectivity index is 1.59. The Labute approximate surface area is 492 Å². The zero-order valence-corrected chi connectivity index (χ0v) is 54.3. The van der Waals surface area contributed by atoms with Crippen LogP contribution in [-0.2, 0) is 43.3 Å². The van der Waals surface area contributed by atoms with E-state index in [2.05, 4.69) is 291 Å². The maximum Gasteiger partial charge on any atom is 0.102 e. The first-order valence-electron chi connectivity index (χ1n) is 29.9. The molecule has 426 valence electrons. The summed E-state index contributed by atoms with van der Waals surface area (Å²) in [6.45, 7) is 55.1. The molecule has 2 aliphatic heterocycles. The van der Waals surface area contributed by atoms with Gasteiger partial charge in [0.05, 0.1) is 28.3 Å². The molecule has 0 radical (unpaired) electrons. The van der Waals surface area contributed by atoms with Gasteiger partial charge in [-0.25, -0.2) is 9.97 Å². The minimum Gasteiger partial charge on any atom is -0.354 e. The smallest absolute Gasteiger partial charge is 0.102 e. The van der Waals surface area contributed by atoms with Gasteiger partial charge in [-0.15, -0.1) is 0 Å². The number of H-pyrrole nitrogens is 2. The third-order valence-electron chi connectivity index (χ3n) is 16.8. The fourth-order valence-corrected chi connectivity index (χ4v) is 11.1. The summed E-state index contributed by atoms with van der Waals surface area (Å²) in [6.07, 6.45) is 6.49. The van der Waals surface area contributed by atoms with E-state index >= 15 is 0 Å². The van der Waals surface area contributed by atoms with Gasteiger partial charge in [0.2, 0.25) is 0 Å². The lowest BCUT2D eigenvalue weighted by atomic mass is 9.78. The number of hydrogen-bond donors (Lipinski definition) is 2. The summed E-state index contributed by atoms with van der Waals surface area (Å²) in [6, 6.07) is 40.0. The van der Waals surface area contributed by atoms with Crippen LogP contribution in [0.2, 0.25) is 0 Å². The van der Waals surface area contributed by atoms with E-state index in [1.807, 2.05) is 6.08 Å². The van der Waals surface area contributed by atoms with Gasteiger partial charge in [0.15, 0.2) is 0 Å². The van der Waals surface area contributed by atoms with E-state index in [0.717, 1.165) is 83.7 Å². The van der Waals surface area contributed by atoms with Crippen LogP contribution in [0.25, 0.3) is 90.4 Å². The van der Waals surface area contributed by atoms with Crippen molar-refractivity contribution in [1.29, 1.82) is 5.26 Å². The third kappa shape index (κ3) is 11.9. The average molecular weight is 1090 g/mol. The van der Waals surface area contributed by atoms with Gasteiger partial charge in [-0.1, -0.05) is 239 Å². The van der Waals surface area contributed by atoms with Crippen molar-refractivity contribution in [2.45, 2.75) is 209 Å². The van der Waals surface area contributed by atoms with Gasteiger partial charge in [0, 0.05) is 44.3 Å². The number of aromatic amines is 2. The van der Waals surface area contributed by atoms with E-state index in [0.29, 0.717) is 11.3 Å². The summed E-state index contributed by atoms with van der Waals surface area (Å²) in [5, 5.41) is 11.6. The molecule has 0 spiro atoms. The molecule has 8 bridgehead atoms. The fraction of sp³-hybridized carbons (Fsp3) is 0.416. The number of allylic oxidation sites excluding steroid dienone is 1. The second-order valence-corrected chi connectivity index (χ2v) is 32.0. The molecule has 0 amide bonds. The molecule has 5 heteroatoms. The molecule has 5 nitrogen and oxygen atoms in total. The highest BCUT2D eigenvalue weighted by atomic mass is 14.8. The van der Waals surface area contributed by atoms with Crippen LogP contribution in [-0.4, -0.2) is 19.9 Å². The molecule has 0 aliphatic carbocycles. The van der Waals surface area contributed by atoms with Crippen molar-refractivity contribution in [2.75, 3.05) is 0 Å². The highest BCUT2D eigenvalue weighted by Gasteiger charge is 2.30. The molecule has 3 aromatic heterocycles. The monoisotopic (exact) mass is 1090 g/mol. The lowest BCUT2D eigenvalue weighted by Gasteiger charge is -2.26. The normalized spacial score (nSPS) is 13.9. The van der Waals surface area contributed by atoms with Crippen LogP contribution in [0.4, 0.5) is 0 Å². The van der Waals surface area contributed by atoms with Crippen molar-refractivity contribution in [3.8, 4) is 50.6 Å². The van der Waals surface area contributed by atoms with Crippen LogP contribution >= 0.6 is 0 Å². The van der Waals surface area contributed by atoms with Crippen molar-refractivity contribution >= 4 is 45.9 Å². The second kappa shape index (κ2) is 20.1. The lowest BCUT2D eigenvalue weighted by Crippen LogP contribution is -2.16. The Morgan fingerprint density at radius 2 is 0.537 bits per heavy atom. The number of rotatable bonds is 4. The first-order valence-corrected chi connectivity index (χ1v) is 29.9. The zero-order chi connectivity index (χ0) is 60.4. The highest BCUT2D eigenvalue weighted by Crippen LogP contribution is 2.46. The Bertz CT molecular complexity index is 3850. The molecule has 0 atom stereocenters. The average Bonchev–Trinajstić information content (AvgIpc) is 4.28. The molecule has 5 heterocycles. The van der Waals surface area contributed by atoms with E-state index in [9.17, 15) is 5.26 Å². The van der Waals surface area contributed by atoms with Crippen LogP contribution in [0.3, 0.4) is 0 Å². The number of aromatic nitrogens is 4. The Hall–Kier alpha value is -7.03. The number of benzene rings is 4. The molecule has 0 fully saturated rings. The number of hydrogen-bond acceptors (Lipinski definition) is 3. The molecule has 82 heavy (non-hydrogen) atoms. The van der Waals surface area contributed by atoms with E-state index in [1.54, 1.807) is 0 Å². The summed E-state index contributed by atoms with van der Waals surface area (Å²) in [7, 11) is 0. The molecule has 4 aromatic carbocycles. The first-order chi connectivity index (χ1) is 37.6. The van der Waals surface area contributed by atoms with Gasteiger partial charge < -0.3 is 9.97 Å². The quantitative estimate of drug-likeness (QED) is 0.184. The zero-order valence-electron chi connectivity index (χ0n) is 54.3. The summed E-state index contributed by atoms with van der Waals surface area (Å²) in [5.41, 5.74) is 24.1. The predicted molar refractivity (Wildman–Crippen MR) is 355 cm³/mol. The van der Waals surface area contributed by atoms with Crippen molar-refractivity contribution in [3.05, 3.63) is 164 Å². The van der Waals surface area contributed by atoms with Crippen LogP contribution in [0.1, 0.15) is 233 Å². The Morgan fingerprint density at radius 3 is 0.780 bits per heavy atom. The van der Waals surface area contributed by atoms with E-state index in [-0.39, 0.29) is 43.3 Å². The first kappa shape index (κ1) is 59.6. The number of nitrogens with zero attached hydrogens (tertiary/aromatic N) is 3. The molecule has 0 unspecified atom stereocenters. The molecule has 0 saturated carbocycles. The van der Waals surface area contributed by atoms with E-state index in [4.69, 9.17) is 9.97 Å². The van der Waals surface area contributed by atoms with Gasteiger partial charge in [0.25, 0.3) is 0 Å². The van der Waals surface area contributed by atoms with Crippen molar-refractivity contribution in [2.24, 2.45) is 0 Å². The molecule has 0 saturated heterocycles. The molecular weight excluding hydrogens is 995 g/mol. The lowest BCUT2D eigenvalue weighted by molar-refractivity contribution is 0.568. The molecule has 2 N–H and O–H groups in total. The second-order valence-electron chi connectivity index (χ2n) is 32.0. The molecule has 9 rings (SSSR count). The summed E-state index contributed by atoms with van der Waals surface area (Å²) < 4.78 is 0. The van der Waals surface area contributed by atoms with Crippen LogP contribution in [0.15, 0.2) is 97.1 Å². The van der Waals surface area contributed by atoms with Gasteiger partial charge in [-0.05, 0) is 153 Å². The summed E-state index contributed by atoms with van der Waals surface area (Å²) in [4.78, 5) is 19.8. The van der Waals surface area contributed by atoms with E-state index in [1.165, 1.54) is 44.5 Å². The number of fused-ring (bicyclic) bond motifs is 8. The van der Waals surface area contributed by atoms with Crippen LogP contribution in [0.5, 0.6) is 0 Å². The Kier molecular flexibility index (Phi) is 14.6. The topological polar surface area (TPSA) is 81.2 Å². The minimum atomic E-state index is -0.170. The molecule has 7 aromatic rings. The van der Waals surface area contributed by atoms with Crippen LogP contribution < -0.4 is 0 Å². The standard InChI is InChI=1S/C77H93N5/c1-70(2,3)50-31-45(32-51(40-50)71(4,5)6)65-58-25-26-59(79-58)66(46-33-52(72(7,8)9)41-53(34-46)73(10,11)12)61-29-30-63(81-61)68(48-37-56(76(19,20)21)43-57(38-48)77(22,23)24)69-49(44-78)39-64(82-69)67(62-28-27-60(65)80-62)47-35-54(74(13,14)15)42-55(36-47)75(16,17)18/h25-43,80-81H,1-24H3. The third-order valence-corrected chi connectivity index (χ3v) is 16.8. The van der Waals surface area contributed by atoms with Crippen LogP contribution in [0, 0.1) is 11.3 Å². The van der Waals surface area contributed by atoms with Crippen molar-refractivity contribution in [3.63, 3.8) is 0 Å². The van der Waals surface area contributed by atoms with Crippen molar-refractivity contribution < 1.29 is 0 Å².